The van der Waals surface area contributed by atoms with E-state index < -0.39 is 64.3 Å². The molecule has 0 saturated carbocycles. The van der Waals surface area contributed by atoms with Gasteiger partial charge in [0.05, 0.1) is 59.1 Å². The standard InChI is InChI=1S/C20H18F3N3O5/c1-18-7-12(25-17(29)30-3)19(2,31-18)14-13(18)15(27)26(16(14)28)10-5-4-9(8-24)11(6-10)20(21,22)23/h4-6,12-14H,7H2,1-3H3,(H,25,29)/t12-,13-,14+,18-,19+/m0/s1. The van der Waals surface area contributed by atoms with Gasteiger partial charge in [-0.1, -0.05) is 0 Å². The molecule has 3 saturated heterocycles. The highest BCUT2D eigenvalue weighted by molar-refractivity contribution is 6.23. The lowest BCUT2D eigenvalue weighted by molar-refractivity contribution is -0.138. The molecule has 3 heterocycles. The first-order valence-corrected chi connectivity index (χ1v) is 9.41. The molecule has 0 spiro atoms. The highest BCUT2D eigenvalue weighted by atomic mass is 19.4. The number of rotatable bonds is 2. The molecule has 0 aromatic heterocycles. The summed E-state index contributed by atoms with van der Waals surface area (Å²) < 4.78 is 50.8. The number of halogens is 3. The topological polar surface area (TPSA) is 109 Å². The second kappa shape index (κ2) is 6.43. The van der Waals surface area contributed by atoms with Gasteiger partial charge in [-0.3, -0.25) is 9.59 Å². The van der Waals surface area contributed by atoms with Gasteiger partial charge in [0.1, 0.15) is 0 Å². The van der Waals surface area contributed by atoms with Gasteiger partial charge in [0.2, 0.25) is 11.8 Å². The Labute approximate surface area is 174 Å². The van der Waals surface area contributed by atoms with Crippen molar-refractivity contribution < 1.29 is 37.0 Å². The predicted octanol–water partition coefficient (Wildman–Crippen LogP) is 2.36. The molecule has 1 aromatic carbocycles. The minimum Gasteiger partial charge on any atom is -0.453 e. The van der Waals surface area contributed by atoms with Crippen LogP contribution in [-0.2, 0) is 25.2 Å². The first-order chi connectivity index (χ1) is 14.4. The number of carbonyl (C=O) groups is 3. The van der Waals surface area contributed by atoms with Gasteiger partial charge in [0, 0.05) is 6.42 Å². The van der Waals surface area contributed by atoms with E-state index in [1.54, 1.807) is 13.8 Å². The van der Waals surface area contributed by atoms with Crippen LogP contribution >= 0.6 is 0 Å². The van der Waals surface area contributed by atoms with Gasteiger partial charge < -0.3 is 14.8 Å². The number of alkyl halides is 3. The SMILES string of the molecule is COC(=O)N[C@H]1C[C@]2(C)O[C@@]1(C)[C@H]1C(=O)N(c3ccc(C#N)c(C(F)(F)F)c3)C(=O)[C@H]12. The fraction of sp³-hybridized carbons (Fsp3) is 0.500. The number of alkyl carbamates (subject to hydrolysis) is 1. The summed E-state index contributed by atoms with van der Waals surface area (Å²) in [6.45, 7) is 3.24. The fourth-order valence-electron chi connectivity index (χ4n) is 5.21. The Kier molecular flexibility index (Phi) is 4.38. The van der Waals surface area contributed by atoms with Gasteiger partial charge in [-0.05, 0) is 32.0 Å². The second-order valence-electron chi connectivity index (χ2n) is 8.30. The number of imide groups is 1. The number of fused-ring (bicyclic) bond motifs is 5. The highest BCUT2D eigenvalue weighted by Gasteiger charge is 2.76. The maximum atomic E-state index is 13.4. The Morgan fingerprint density at radius 2 is 1.94 bits per heavy atom. The molecular weight excluding hydrogens is 419 g/mol. The molecule has 3 fully saturated rings. The predicted molar refractivity (Wildman–Crippen MR) is 97.5 cm³/mol. The van der Waals surface area contributed by atoms with Gasteiger partial charge in [-0.2, -0.15) is 18.4 Å². The van der Waals surface area contributed by atoms with Crippen molar-refractivity contribution in [2.45, 2.75) is 43.7 Å². The van der Waals surface area contributed by atoms with E-state index >= 15 is 0 Å². The minimum atomic E-state index is -4.83. The van der Waals surface area contributed by atoms with Gasteiger partial charge in [-0.25, -0.2) is 9.69 Å². The number of methoxy groups -OCH3 is 1. The van der Waals surface area contributed by atoms with Crippen LogP contribution in [0.1, 0.15) is 31.4 Å². The van der Waals surface area contributed by atoms with E-state index in [0.717, 1.165) is 17.0 Å². The van der Waals surface area contributed by atoms with E-state index in [-0.39, 0.29) is 12.1 Å². The molecule has 4 rings (SSSR count). The average Bonchev–Trinajstić information content (AvgIpc) is 3.21. The molecule has 2 bridgehead atoms. The van der Waals surface area contributed by atoms with Gasteiger partial charge >= 0.3 is 12.3 Å². The molecular formula is C20H18F3N3O5. The van der Waals surface area contributed by atoms with E-state index in [9.17, 15) is 27.6 Å². The number of hydrogen-bond donors (Lipinski definition) is 1. The summed E-state index contributed by atoms with van der Waals surface area (Å²) >= 11 is 0. The summed E-state index contributed by atoms with van der Waals surface area (Å²) in [6.07, 6.45) is -5.33. The van der Waals surface area contributed by atoms with Crippen LogP contribution in [0.3, 0.4) is 0 Å². The van der Waals surface area contributed by atoms with E-state index in [1.807, 2.05) is 0 Å². The monoisotopic (exact) mass is 437 g/mol. The van der Waals surface area contributed by atoms with Crippen molar-refractivity contribution >= 4 is 23.6 Å². The number of nitrogens with one attached hydrogen (secondary N) is 1. The van der Waals surface area contributed by atoms with Crippen molar-refractivity contribution in [3.8, 4) is 6.07 Å². The van der Waals surface area contributed by atoms with Crippen molar-refractivity contribution in [2.24, 2.45) is 11.8 Å². The summed E-state index contributed by atoms with van der Waals surface area (Å²) in [5.41, 5.74) is -4.44. The number of nitrogens with zero attached hydrogens (tertiary/aromatic N) is 2. The van der Waals surface area contributed by atoms with Gasteiger partial charge in [0.15, 0.2) is 0 Å². The molecule has 8 nitrogen and oxygen atoms in total. The highest BCUT2D eigenvalue weighted by Crippen LogP contribution is 2.61. The van der Waals surface area contributed by atoms with Crippen molar-refractivity contribution in [1.29, 1.82) is 5.26 Å². The van der Waals surface area contributed by atoms with Crippen molar-refractivity contribution in [3.05, 3.63) is 29.3 Å². The Balaban J connectivity index is 1.75. The Hall–Kier alpha value is -3.13. The summed E-state index contributed by atoms with van der Waals surface area (Å²) in [6, 6.07) is 3.54. The lowest BCUT2D eigenvalue weighted by Crippen LogP contribution is -2.56. The molecule has 3 amide bonds. The van der Waals surface area contributed by atoms with Crippen molar-refractivity contribution in [1.82, 2.24) is 5.32 Å². The first-order valence-electron chi connectivity index (χ1n) is 9.41. The Morgan fingerprint density at radius 1 is 1.29 bits per heavy atom. The van der Waals surface area contributed by atoms with Gasteiger partial charge in [-0.15, -0.1) is 0 Å². The lowest BCUT2D eigenvalue weighted by Gasteiger charge is -2.35. The van der Waals surface area contributed by atoms with Crippen LogP contribution in [0.25, 0.3) is 0 Å². The number of carbonyl (C=O) groups excluding carboxylic acids is 3. The van der Waals surface area contributed by atoms with E-state index in [4.69, 9.17) is 10.00 Å². The smallest absolute Gasteiger partial charge is 0.417 e. The molecule has 164 valence electrons. The number of ether oxygens (including phenoxy) is 2. The zero-order chi connectivity index (χ0) is 22.9. The van der Waals surface area contributed by atoms with Crippen molar-refractivity contribution in [3.63, 3.8) is 0 Å². The van der Waals surface area contributed by atoms with Crippen molar-refractivity contribution in [2.75, 3.05) is 12.0 Å². The zero-order valence-corrected chi connectivity index (χ0v) is 16.7. The maximum Gasteiger partial charge on any atom is 0.417 e. The number of hydrogen-bond acceptors (Lipinski definition) is 6. The quantitative estimate of drug-likeness (QED) is 0.712. The summed E-state index contributed by atoms with van der Waals surface area (Å²) in [4.78, 5) is 38.9. The van der Waals surface area contributed by atoms with Crippen LogP contribution in [-0.4, -0.2) is 42.3 Å². The summed E-state index contributed by atoms with van der Waals surface area (Å²) in [5, 5.41) is 11.6. The third-order valence-corrected chi connectivity index (χ3v) is 6.50. The molecule has 0 unspecified atom stereocenters. The molecule has 0 radical (unpaired) electrons. The van der Waals surface area contributed by atoms with Crippen LogP contribution < -0.4 is 10.2 Å². The maximum absolute atomic E-state index is 13.4. The Bertz CT molecular complexity index is 1050. The minimum absolute atomic E-state index is 0.230. The molecule has 3 aliphatic rings. The summed E-state index contributed by atoms with van der Waals surface area (Å²) in [5.74, 6) is -3.29. The Morgan fingerprint density at radius 3 is 2.52 bits per heavy atom. The van der Waals surface area contributed by atoms with Crippen LogP contribution in [0.15, 0.2) is 18.2 Å². The molecule has 11 heteroatoms. The largest absolute Gasteiger partial charge is 0.453 e. The zero-order valence-electron chi connectivity index (χ0n) is 16.7. The lowest BCUT2D eigenvalue weighted by atomic mass is 9.66. The fourth-order valence-corrected chi connectivity index (χ4v) is 5.21. The first kappa shape index (κ1) is 21.1. The molecule has 3 aliphatic heterocycles. The van der Waals surface area contributed by atoms with Crippen LogP contribution in [0.5, 0.6) is 0 Å². The second-order valence-corrected chi connectivity index (χ2v) is 8.30. The number of benzene rings is 1. The van der Waals surface area contributed by atoms with Gasteiger partial charge in [0.25, 0.3) is 0 Å². The number of amides is 3. The number of anilines is 1. The molecule has 1 aromatic rings. The molecule has 1 N–H and O–H groups in total. The average molecular weight is 437 g/mol. The molecule has 5 atom stereocenters. The molecule has 31 heavy (non-hydrogen) atoms. The van der Waals surface area contributed by atoms with E-state index in [1.165, 1.54) is 13.2 Å². The molecule has 0 aliphatic carbocycles. The van der Waals surface area contributed by atoms with Crippen LogP contribution in [0, 0.1) is 23.2 Å². The normalized spacial score (nSPS) is 34.0. The third-order valence-electron chi connectivity index (χ3n) is 6.50. The van der Waals surface area contributed by atoms with E-state index in [0.29, 0.717) is 6.07 Å². The van der Waals surface area contributed by atoms with Crippen LogP contribution in [0.2, 0.25) is 0 Å². The summed E-state index contributed by atoms with van der Waals surface area (Å²) in [7, 11) is 1.19. The third kappa shape index (κ3) is 2.81. The number of nitriles is 1. The van der Waals surface area contributed by atoms with E-state index in [2.05, 4.69) is 10.1 Å². The van der Waals surface area contributed by atoms with Crippen LogP contribution in [0.4, 0.5) is 23.7 Å².